The number of nitrogens with zero attached hydrogens (tertiary/aromatic N) is 2. The molecule has 0 N–H and O–H groups in total. The smallest absolute Gasteiger partial charge is 0.254 e. The van der Waals surface area contributed by atoms with E-state index in [1.54, 1.807) is 11.3 Å². The monoisotopic (exact) mass is 500 g/mol. The minimum atomic E-state index is 0.0207. The van der Waals surface area contributed by atoms with Gasteiger partial charge in [0.05, 0.1) is 12.2 Å². The molecule has 31 heavy (non-hydrogen) atoms. The Morgan fingerprint density at radius 3 is 2.65 bits per heavy atom. The van der Waals surface area contributed by atoms with Crippen LogP contribution in [0.25, 0.3) is 0 Å². The molecule has 0 aliphatic rings. The second-order valence-electron chi connectivity index (χ2n) is 7.91. The van der Waals surface area contributed by atoms with Crippen LogP contribution in [0.15, 0.2) is 58.4 Å². The molecule has 0 saturated heterocycles. The molecular weight excluding hydrogens is 472 g/mol. The molecule has 3 aromatic rings. The molecule has 1 aromatic heterocycles. The molecule has 0 aliphatic heterocycles. The second kappa shape index (κ2) is 10.9. The van der Waals surface area contributed by atoms with Crippen molar-refractivity contribution in [3.8, 4) is 5.75 Å². The van der Waals surface area contributed by atoms with E-state index in [1.165, 1.54) is 5.56 Å². The third-order valence-corrected chi connectivity index (χ3v) is 6.64. The van der Waals surface area contributed by atoms with Gasteiger partial charge < -0.3 is 9.64 Å². The minimum Gasteiger partial charge on any atom is -0.486 e. The third kappa shape index (κ3) is 6.17. The largest absolute Gasteiger partial charge is 0.486 e. The van der Waals surface area contributed by atoms with Crippen molar-refractivity contribution in [3.05, 3.63) is 80.2 Å². The first kappa shape index (κ1) is 23.5. The van der Waals surface area contributed by atoms with Crippen LogP contribution in [0.4, 0.5) is 0 Å². The van der Waals surface area contributed by atoms with Crippen LogP contribution in [0.1, 0.15) is 66.7 Å². The normalized spacial score (nSPS) is 12.1. The molecule has 4 nitrogen and oxygen atoms in total. The summed E-state index contributed by atoms with van der Waals surface area (Å²) < 4.78 is 6.96. The number of hydrogen-bond acceptors (Lipinski definition) is 4. The highest BCUT2D eigenvalue weighted by Gasteiger charge is 2.22. The van der Waals surface area contributed by atoms with Crippen LogP contribution < -0.4 is 4.74 Å². The Bertz CT molecular complexity index is 1020. The SMILES string of the molecule is CC[C@@H](C)N(Cc1csc(COc2ccccc2C(C)C)n1)C(=O)c1cccc(Br)c1. The molecule has 2 aromatic carbocycles. The fourth-order valence-corrected chi connectivity index (χ4v) is 4.42. The molecule has 0 aliphatic carbocycles. The van der Waals surface area contributed by atoms with Crippen molar-refractivity contribution < 1.29 is 9.53 Å². The Morgan fingerprint density at radius 1 is 1.16 bits per heavy atom. The fourth-order valence-electron chi connectivity index (χ4n) is 3.33. The van der Waals surface area contributed by atoms with Gasteiger partial charge in [-0.3, -0.25) is 4.79 Å². The predicted molar refractivity (Wildman–Crippen MR) is 131 cm³/mol. The summed E-state index contributed by atoms with van der Waals surface area (Å²) in [6, 6.07) is 15.8. The fraction of sp³-hybridized carbons (Fsp3) is 0.360. The van der Waals surface area contributed by atoms with Gasteiger partial charge in [0.25, 0.3) is 5.91 Å². The Morgan fingerprint density at radius 2 is 1.94 bits per heavy atom. The number of aromatic nitrogens is 1. The van der Waals surface area contributed by atoms with Crippen molar-refractivity contribution in [2.75, 3.05) is 0 Å². The van der Waals surface area contributed by atoms with E-state index in [0.29, 0.717) is 24.6 Å². The van der Waals surface area contributed by atoms with E-state index in [9.17, 15) is 4.79 Å². The number of ether oxygens (including phenoxy) is 1. The number of rotatable bonds is 9. The Kier molecular flexibility index (Phi) is 8.27. The highest BCUT2D eigenvalue weighted by molar-refractivity contribution is 9.10. The number of amides is 1. The van der Waals surface area contributed by atoms with Crippen molar-refractivity contribution in [2.45, 2.75) is 59.2 Å². The van der Waals surface area contributed by atoms with Gasteiger partial charge in [-0.2, -0.15) is 0 Å². The quantitative estimate of drug-likeness (QED) is 0.316. The molecule has 0 unspecified atom stereocenters. The average Bonchev–Trinajstić information content (AvgIpc) is 3.22. The molecule has 1 heterocycles. The van der Waals surface area contributed by atoms with Crippen molar-refractivity contribution >= 4 is 33.2 Å². The number of para-hydroxylation sites is 1. The van der Waals surface area contributed by atoms with Gasteiger partial charge in [-0.1, -0.05) is 61.0 Å². The molecule has 0 radical (unpaired) electrons. The van der Waals surface area contributed by atoms with Gasteiger partial charge in [-0.25, -0.2) is 4.98 Å². The lowest BCUT2D eigenvalue weighted by Crippen LogP contribution is -2.37. The van der Waals surface area contributed by atoms with Gasteiger partial charge in [0.15, 0.2) is 0 Å². The molecule has 3 rings (SSSR count). The van der Waals surface area contributed by atoms with Gasteiger partial charge >= 0.3 is 0 Å². The van der Waals surface area contributed by atoms with E-state index in [4.69, 9.17) is 9.72 Å². The van der Waals surface area contributed by atoms with Crippen molar-refractivity contribution in [1.29, 1.82) is 0 Å². The summed E-state index contributed by atoms with van der Waals surface area (Å²) in [7, 11) is 0. The number of thiazole rings is 1. The third-order valence-electron chi connectivity index (χ3n) is 5.28. The topological polar surface area (TPSA) is 42.4 Å². The molecule has 164 valence electrons. The van der Waals surface area contributed by atoms with Crippen LogP contribution in [-0.2, 0) is 13.2 Å². The van der Waals surface area contributed by atoms with Gasteiger partial charge in [-0.15, -0.1) is 11.3 Å². The van der Waals surface area contributed by atoms with Gasteiger partial charge in [-0.05, 0) is 49.1 Å². The van der Waals surface area contributed by atoms with Crippen LogP contribution in [-0.4, -0.2) is 21.8 Å². The summed E-state index contributed by atoms with van der Waals surface area (Å²) in [5, 5.41) is 2.93. The Hall–Kier alpha value is -2.18. The van der Waals surface area contributed by atoms with E-state index in [1.807, 2.05) is 52.7 Å². The molecule has 0 bridgehead atoms. The summed E-state index contributed by atoms with van der Waals surface area (Å²) in [4.78, 5) is 19.8. The minimum absolute atomic E-state index is 0.0207. The first-order chi connectivity index (χ1) is 14.9. The van der Waals surface area contributed by atoms with Crippen LogP contribution in [0.2, 0.25) is 0 Å². The Labute approximate surface area is 197 Å². The number of halogens is 1. The van der Waals surface area contributed by atoms with Crippen molar-refractivity contribution in [2.24, 2.45) is 0 Å². The number of hydrogen-bond donors (Lipinski definition) is 0. The highest BCUT2D eigenvalue weighted by Crippen LogP contribution is 2.27. The zero-order chi connectivity index (χ0) is 22.4. The second-order valence-corrected chi connectivity index (χ2v) is 9.77. The number of benzene rings is 2. The lowest BCUT2D eigenvalue weighted by Gasteiger charge is -2.28. The molecule has 1 amide bonds. The summed E-state index contributed by atoms with van der Waals surface area (Å²) in [5.41, 5.74) is 2.77. The standard InChI is InChI=1S/C25H29BrN2O2S/c1-5-18(4)28(25(29)19-9-8-10-20(26)13-19)14-21-16-31-24(27-21)15-30-23-12-7-6-11-22(23)17(2)3/h6-13,16-18H,5,14-15H2,1-4H3/t18-/m1/s1. The summed E-state index contributed by atoms with van der Waals surface area (Å²) in [6.07, 6.45) is 0.881. The lowest BCUT2D eigenvalue weighted by molar-refractivity contribution is 0.0669. The Balaban J connectivity index is 1.71. The van der Waals surface area contributed by atoms with E-state index in [2.05, 4.69) is 49.7 Å². The van der Waals surface area contributed by atoms with Gasteiger partial charge in [0, 0.05) is 21.5 Å². The summed E-state index contributed by atoms with van der Waals surface area (Å²) in [5.74, 6) is 1.32. The number of carbonyl (C=O) groups excluding carboxylic acids is 1. The van der Waals surface area contributed by atoms with E-state index >= 15 is 0 Å². The molecule has 0 fully saturated rings. The van der Waals surface area contributed by atoms with Gasteiger partial charge in [0.2, 0.25) is 0 Å². The molecule has 1 atom stereocenters. The van der Waals surface area contributed by atoms with Crippen molar-refractivity contribution in [1.82, 2.24) is 9.88 Å². The lowest BCUT2D eigenvalue weighted by atomic mass is 10.0. The summed E-state index contributed by atoms with van der Waals surface area (Å²) >= 11 is 5.03. The zero-order valence-corrected chi connectivity index (χ0v) is 20.9. The summed E-state index contributed by atoms with van der Waals surface area (Å²) in [6.45, 7) is 9.41. The van der Waals surface area contributed by atoms with E-state index in [0.717, 1.165) is 27.3 Å². The van der Waals surface area contributed by atoms with E-state index in [-0.39, 0.29) is 11.9 Å². The van der Waals surface area contributed by atoms with Gasteiger partial charge in [0.1, 0.15) is 17.4 Å². The van der Waals surface area contributed by atoms with Crippen molar-refractivity contribution in [3.63, 3.8) is 0 Å². The van der Waals surface area contributed by atoms with Crippen LogP contribution in [0, 0.1) is 0 Å². The first-order valence-electron chi connectivity index (χ1n) is 10.6. The van der Waals surface area contributed by atoms with E-state index < -0.39 is 0 Å². The molecular formula is C25H29BrN2O2S. The molecule has 6 heteroatoms. The maximum absolute atomic E-state index is 13.2. The van der Waals surface area contributed by atoms with Crippen LogP contribution >= 0.6 is 27.3 Å². The molecule has 0 saturated carbocycles. The van der Waals surface area contributed by atoms with Crippen LogP contribution in [0.5, 0.6) is 5.75 Å². The predicted octanol–water partition coefficient (Wildman–Crippen LogP) is 7.05. The zero-order valence-electron chi connectivity index (χ0n) is 18.5. The molecule has 0 spiro atoms. The van der Waals surface area contributed by atoms with Crippen LogP contribution in [0.3, 0.4) is 0 Å². The average molecular weight is 501 g/mol. The number of carbonyl (C=O) groups is 1. The maximum Gasteiger partial charge on any atom is 0.254 e. The first-order valence-corrected chi connectivity index (χ1v) is 12.3. The maximum atomic E-state index is 13.2. The highest BCUT2D eigenvalue weighted by atomic mass is 79.9.